The molecule has 0 bridgehead atoms. The second-order valence-corrected chi connectivity index (χ2v) is 5.63. The molecule has 6 nitrogen and oxygen atoms in total. The second kappa shape index (κ2) is 6.75. The molecule has 0 saturated carbocycles. The Bertz CT molecular complexity index is 881. The molecule has 0 aliphatic carbocycles. The number of carbonyl (C=O) groups is 1. The molecule has 0 saturated heterocycles. The molecular weight excluding hydrogens is 349 g/mol. The first-order valence-electron chi connectivity index (χ1n) is 7.48. The summed E-state index contributed by atoms with van der Waals surface area (Å²) in [5, 5.41) is 9.97. The van der Waals surface area contributed by atoms with Crippen LogP contribution >= 0.6 is 0 Å². The number of benzene rings is 1. The number of nitrogen functional groups attached to an aromatic ring is 1. The van der Waals surface area contributed by atoms with Crippen molar-refractivity contribution < 1.29 is 23.1 Å². The van der Waals surface area contributed by atoms with Crippen LogP contribution in [-0.2, 0) is 10.4 Å². The van der Waals surface area contributed by atoms with E-state index in [9.17, 15) is 23.1 Å². The molecule has 5 N–H and O–H groups in total. The molecule has 0 spiro atoms. The summed E-state index contributed by atoms with van der Waals surface area (Å²) in [5.74, 6) is -1.76. The Morgan fingerprint density at radius 3 is 2.50 bits per heavy atom. The summed E-state index contributed by atoms with van der Waals surface area (Å²) in [7, 11) is 0. The van der Waals surface area contributed by atoms with Gasteiger partial charge in [-0.05, 0) is 31.6 Å². The predicted molar refractivity (Wildman–Crippen MR) is 90.5 cm³/mol. The van der Waals surface area contributed by atoms with E-state index >= 15 is 0 Å². The topological polar surface area (TPSA) is 115 Å². The zero-order chi connectivity index (χ0) is 19.7. The Balaban J connectivity index is 2.69. The van der Waals surface area contributed by atoms with Crippen molar-refractivity contribution in [3.05, 3.63) is 47.3 Å². The van der Waals surface area contributed by atoms with Crippen LogP contribution in [0.3, 0.4) is 0 Å². The first-order valence-corrected chi connectivity index (χ1v) is 7.48. The van der Waals surface area contributed by atoms with E-state index in [1.165, 1.54) is 12.3 Å². The molecule has 1 heterocycles. The maximum absolute atomic E-state index is 13.3. The Labute approximate surface area is 147 Å². The molecule has 0 aliphatic rings. The van der Waals surface area contributed by atoms with Crippen LogP contribution in [0, 0.1) is 6.92 Å². The highest BCUT2D eigenvalue weighted by Crippen LogP contribution is 2.40. The van der Waals surface area contributed by atoms with Crippen molar-refractivity contribution in [1.82, 2.24) is 9.97 Å². The van der Waals surface area contributed by atoms with Gasteiger partial charge < -0.3 is 16.6 Å². The highest BCUT2D eigenvalue weighted by molar-refractivity contribution is 5.86. The van der Waals surface area contributed by atoms with Crippen molar-refractivity contribution in [2.45, 2.75) is 25.6 Å². The summed E-state index contributed by atoms with van der Waals surface area (Å²) >= 11 is 0. The van der Waals surface area contributed by atoms with Crippen molar-refractivity contribution in [2.24, 2.45) is 5.73 Å². The summed E-state index contributed by atoms with van der Waals surface area (Å²) in [5.41, 5.74) is 7.43. The average molecular weight is 366 g/mol. The van der Waals surface area contributed by atoms with Crippen molar-refractivity contribution in [1.29, 1.82) is 0 Å². The van der Waals surface area contributed by atoms with Crippen LogP contribution < -0.4 is 11.5 Å². The Morgan fingerprint density at radius 2 is 1.96 bits per heavy atom. The van der Waals surface area contributed by atoms with Gasteiger partial charge in [0.1, 0.15) is 11.5 Å². The quantitative estimate of drug-likeness (QED) is 0.768. The van der Waals surface area contributed by atoms with E-state index in [1.54, 1.807) is 26.0 Å². The summed E-state index contributed by atoms with van der Waals surface area (Å²) in [6, 6.07) is 3.35. The second-order valence-electron chi connectivity index (χ2n) is 5.63. The average Bonchev–Trinajstić information content (AvgIpc) is 2.55. The molecule has 9 heteroatoms. The van der Waals surface area contributed by atoms with Gasteiger partial charge in [-0.15, -0.1) is 0 Å². The zero-order valence-electron chi connectivity index (χ0n) is 14.0. The number of carbonyl (C=O) groups excluding carboxylic acids is 1. The lowest BCUT2D eigenvalue weighted by Crippen LogP contribution is -2.52. The third-order valence-electron chi connectivity index (χ3n) is 3.85. The van der Waals surface area contributed by atoms with Crippen LogP contribution in [0.5, 0.6) is 0 Å². The number of rotatable bonds is 4. The van der Waals surface area contributed by atoms with E-state index in [4.69, 9.17) is 11.5 Å². The van der Waals surface area contributed by atoms with Gasteiger partial charge in [-0.3, -0.25) is 4.79 Å². The number of hydrogen-bond donors (Lipinski definition) is 3. The lowest BCUT2D eigenvalue weighted by atomic mass is 9.89. The number of primary amides is 1. The van der Waals surface area contributed by atoms with Gasteiger partial charge in [0.15, 0.2) is 0 Å². The van der Waals surface area contributed by atoms with E-state index in [0.717, 1.165) is 12.1 Å². The number of nitrogens with two attached hydrogens (primary N) is 2. The zero-order valence-corrected chi connectivity index (χ0v) is 14.0. The SMILES string of the molecule is C/C=C\c1nc(-c2cc(C(O)(C(N)=O)C(F)(F)F)ccc2C)cnc1N. The van der Waals surface area contributed by atoms with E-state index in [-0.39, 0.29) is 17.1 Å². The molecule has 2 rings (SSSR count). The van der Waals surface area contributed by atoms with Crippen molar-refractivity contribution in [2.75, 3.05) is 5.73 Å². The van der Waals surface area contributed by atoms with Crippen molar-refractivity contribution in [3.8, 4) is 11.3 Å². The van der Waals surface area contributed by atoms with Crippen LogP contribution in [0.1, 0.15) is 23.7 Å². The molecule has 1 amide bonds. The maximum atomic E-state index is 13.3. The fraction of sp³-hybridized carbons (Fsp3) is 0.235. The van der Waals surface area contributed by atoms with Crippen molar-refractivity contribution in [3.63, 3.8) is 0 Å². The minimum Gasteiger partial charge on any atom is -0.382 e. The number of allylic oxidation sites excluding steroid dienone is 1. The van der Waals surface area contributed by atoms with Gasteiger partial charge in [0.2, 0.25) is 0 Å². The minimum atomic E-state index is -5.28. The summed E-state index contributed by atoms with van der Waals surface area (Å²) in [6.07, 6.45) is -0.705. The normalized spacial score (nSPS) is 14.4. The van der Waals surface area contributed by atoms with Gasteiger partial charge in [0.05, 0.1) is 11.9 Å². The number of aliphatic hydroxyl groups is 1. The van der Waals surface area contributed by atoms with Crippen LogP contribution in [0.2, 0.25) is 0 Å². The number of hydrogen-bond acceptors (Lipinski definition) is 5. The van der Waals surface area contributed by atoms with Gasteiger partial charge >= 0.3 is 6.18 Å². The van der Waals surface area contributed by atoms with Gasteiger partial charge in [-0.1, -0.05) is 18.2 Å². The van der Waals surface area contributed by atoms with E-state index in [0.29, 0.717) is 11.3 Å². The smallest absolute Gasteiger partial charge is 0.382 e. The molecule has 0 aliphatic heterocycles. The number of halogens is 3. The van der Waals surface area contributed by atoms with E-state index in [1.807, 2.05) is 0 Å². The van der Waals surface area contributed by atoms with Crippen molar-refractivity contribution >= 4 is 17.8 Å². The van der Waals surface area contributed by atoms with Gasteiger partial charge in [-0.2, -0.15) is 13.2 Å². The number of anilines is 1. The standard InChI is InChI=1S/C17H17F3N4O2/c1-3-4-12-14(21)23-8-13(24-12)11-7-10(6-5-9(11)2)16(26,15(22)25)17(18,19)20/h3-8,26H,1-2H3,(H2,21,23)(H2,22,25)/b4-3-. The largest absolute Gasteiger partial charge is 0.430 e. The number of nitrogens with zero attached hydrogens (tertiary/aromatic N) is 2. The van der Waals surface area contributed by atoms with Gasteiger partial charge in [0, 0.05) is 11.1 Å². The van der Waals surface area contributed by atoms with Gasteiger partial charge in [-0.25, -0.2) is 9.97 Å². The fourth-order valence-electron chi connectivity index (χ4n) is 2.39. The molecule has 138 valence electrons. The maximum Gasteiger partial charge on any atom is 0.430 e. The molecule has 1 aromatic heterocycles. The lowest BCUT2D eigenvalue weighted by molar-refractivity contribution is -0.255. The highest BCUT2D eigenvalue weighted by Gasteiger charge is 2.60. The molecule has 0 radical (unpaired) electrons. The summed E-state index contributed by atoms with van der Waals surface area (Å²) in [4.78, 5) is 19.6. The predicted octanol–water partition coefficient (Wildman–Crippen LogP) is 2.30. The molecule has 1 atom stereocenters. The summed E-state index contributed by atoms with van der Waals surface area (Å²) in [6.45, 7) is 3.39. The Morgan fingerprint density at radius 1 is 1.31 bits per heavy atom. The van der Waals surface area contributed by atoms with Crippen LogP contribution in [0.4, 0.5) is 19.0 Å². The molecule has 1 unspecified atom stereocenters. The molecule has 1 aromatic carbocycles. The van der Waals surface area contributed by atoms with Gasteiger partial charge in [0.25, 0.3) is 11.5 Å². The fourth-order valence-corrected chi connectivity index (χ4v) is 2.39. The first kappa shape index (κ1) is 19.4. The molecule has 0 fully saturated rings. The number of aromatic nitrogens is 2. The number of amides is 1. The Kier molecular flexibility index (Phi) is 5.04. The van der Waals surface area contributed by atoms with Crippen LogP contribution in [-0.4, -0.2) is 27.2 Å². The minimum absolute atomic E-state index is 0.157. The van der Waals surface area contributed by atoms with Crippen LogP contribution in [0.25, 0.3) is 17.3 Å². The number of alkyl halides is 3. The molecule has 26 heavy (non-hydrogen) atoms. The third kappa shape index (κ3) is 3.25. The molecule has 2 aromatic rings. The highest BCUT2D eigenvalue weighted by atomic mass is 19.4. The Hall–Kier alpha value is -2.94. The lowest BCUT2D eigenvalue weighted by Gasteiger charge is -2.28. The van der Waals surface area contributed by atoms with Crippen LogP contribution in [0.15, 0.2) is 30.5 Å². The molecular formula is C17H17F3N4O2. The van der Waals surface area contributed by atoms with E-state index < -0.39 is 23.2 Å². The van der Waals surface area contributed by atoms with E-state index in [2.05, 4.69) is 9.97 Å². The first-order chi connectivity index (χ1) is 12.0. The summed E-state index contributed by atoms with van der Waals surface area (Å²) < 4.78 is 39.9. The number of aryl methyl sites for hydroxylation is 1. The third-order valence-corrected chi connectivity index (χ3v) is 3.85. The monoisotopic (exact) mass is 366 g/mol.